The lowest BCUT2D eigenvalue weighted by atomic mass is 10.2. The fourth-order valence-corrected chi connectivity index (χ4v) is 5.48. The molecule has 0 N–H and O–H groups in total. The zero-order valence-corrected chi connectivity index (χ0v) is 28.8. The number of carbonyl (C=O) groups excluding carboxylic acids is 1. The minimum absolute atomic E-state index is 0.0860. The molecular weight excluding hydrogens is 733 g/mol. The SMILES string of the molecule is CC1Oc2cc(Oc3ccc(C(F)(F)F)cc3Cl)ccc2N(C)C1=O.CC1Oc2cc(Oc3ccc(C(F)(F)F)cc3Cl)ccc2N(C)C1=S. The van der Waals surface area contributed by atoms with E-state index in [9.17, 15) is 31.1 Å². The predicted molar refractivity (Wildman–Crippen MR) is 181 cm³/mol. The van der Waals surface area contributed by atoms with Gasteiger partial charge in [0.05, 0.1) is 32.5 Å². The maximum atomic E-state index is 12.7. The Morgan fingerprint density at radius 2 is 1.08 bits per heavy atom. The van der Waals surface area contributed by atoms with Crippen LogP contribution in [0.25, 0.3) is 0 Å². The summed E-state index contributed by atoms with van der Waals surface area (Å²) in [7, 11) is 3.47. The third-order valence-electron chi connectivity index (χ3n) is 7.52. The highest BCUT2D eigenvalue weighted by Gasteiger charge is 2.33. The average molecular weight is 760 g/mol. The molecule has 0 bridgehead atoms. The summed E-state index contributed by atoms with van der Waals surface area (Å²) in [6.07, 6.45) is -9.84. The molecule has 0 aromatic heterocycles. The molecular formula is C34H26Cl2F6N2O5S. The molecule has 0 saturated carbocycles. The Kier molecular flexibility index (Phi) is 10.4. The summed E-state index contributed by atoms with van der Waals surface area (Å²) in [6.45, 7) is 3.46. The van der Waals surface area contributed by atoms with Gasteiger partial charge in [0.15, 0.2) is 6.10 Å². The van der Waals surface area contributed by atoms with Crippen LogP contribution in [-0.2, 0) is 17.1 Å². The molecule has 2 atom stereocenters. The zero-order chi connectivity index (χ0) is 36.7. The van der Waals surface area contributed by atoms with Gasteiger partial charge >= 0.3 is 12.4 Å². The van der Waals surface area contributed by atoms with Gasteiger partial charge in [0.1, 0.15) is 45.6 Å². The molecule has 264 valence electrons. The van der Waals surface area contributed by atoms with E-state index >= 15 is 0 Å². The molecule has 2 aliphatic rings. The van der Waals surface area contributed by atoms with Crippen molar-refractivity contribution >= 4 is 57.7 Å². The van der Waals surface area contributed by atoms with E-state index in [4.69, 9.17) is 54.4 Å². The molecule has 0 aliphatic carbocycles. The smallest absolute Gasteiger partial charge is 0.416 e. The molecule has 0 fully saturated rings. The quantitative estimate of drug-likeness (QED) is 0.152. The van der Waals surface area contributed by atoms with Gasteiger partial charge in [-0.2, -0.15) is 26.3 Å². The van der Waals surface area contributed by atoms with Crippen molar-refractivity contribution in [3.63, 3.8) is 0 Å². The summed E-state index contributed by atoms with van der Waals surface area (Å²) in [6, 6.07) is 15.7. The monoisotopic (exact) mass is 758 g/mol. The number of benzene rings is 4. The van der Waals surface area contributed by atoms with Gasteiger partial charge in [0.2, 0.25) is 0 Å². The molecule has 0 saturated heterocycles. The summed E-state index contributed by atoms with van der Waals surface area (Å²) >= 11 is 17.1. The van der Waals surface area contributed by atoms with Crippen molar-refractivity contribution < 1.29 is 50.1 Å². The van der Waals surface area contributed by atoms with E-state index in [0.29, 0.717) is 33.7 Å². The Hall–Kier alpha value is -4.40. The molecule has 0 radical (unpaired) electrons. The third-order valence-corrected chi connectivity index (χ3v) is 8.72. The third kappa shape index (κ3) is 7.98. The summed E-state index contributed by atoms with van der Waals surface area (Å²) in [5.74, 6) is 1.78. The normalized spacial score (nSPS) is 17.1. The largest absolute Gasteiger partial charge is 0.481 e. The minimum Gasteiger partial charge on any atom is -0.481 e. The highest BCUT2D eigenvalue weighted by molar-refractivity contribution is 7.80. The summed E-state index contributed by atoms with van der Waals surface area (Å²) in [5, 5.41) is -0.283. The Morgan fingerprint density at radius 1 is 0.660 bits per heavy atom. The summed E-state index contributed by atoms with van der Waals surface area (Å²) in [4.78, 5) is 15.9. The van der Waals surface area contributed by atoms with Crippen LogP contribution in [0, 0.1) is 0 Å². The Bertz CT molecular complexity index is 1820. The lowest BCUT2D eigenvalue weighted by molar-refractivity contribution is -0.138. The number of thiocarbonyl (C=S) groups is 1. The summed E-state index contributed by atoms with van der Waals surface area (Å²) < 4.78 is 98.5. The van der Waals surface area contributed by atoms with Crippen molar-refractivity contribution in [3.8, 4) is 34.5 Å². The number of hydrogen-bond donors (Lipinski definition) is 0. The second-order valence-corrected chi connectivity index (χ2v) is 12.3. The topological polar surface area (TPSA) is 60.5 Å². The fourth-order valence-electron chi connectivity index (χ4n) is 4.90. The van der Waals surface area contributed by atoms with Gasteiger partial charge < -0.3 is 28.7 Å². The number of fused-ring (bicyclic) bond motifs is 2. The molecule has 0 spiro atoms. The van der Waals surface area contributed by atoms with Crippen LogP contribution in [0.3, 0.4) is 0 Å². The maximum Gasteiger partial charge on any atom is 0.416 e. The number of carbonyl (C=O) groups is 1. The van der Waals surface area contributed by atoms with Gasteiger partial charge in [-0.3, -0.25) is 4.79 Å². The lowest BCUT2D eigenvalue weighted by Gasteiger charge is -2.32. The van der Waals surface area contributed by atoms with E-state index in [1.54, 1.807) is 50.4 Å². The molecule has 2 heterocycles. The van der Waals surface area contributed by atoms with Gasteiger partial charge in [-0.05, 0) is 74.5 Å². The van der Waals surface area contributed by atoms with Crippen molar-refractivity contribution in [1.82, 2.24) is 0 Å². The number of alkyl halides is 6. The van der Waals surface area contributed by atoms with Crippen LogP contribution in [-0.4, -0.2) is 37.2 Å². The average Bonchev–Trinajstić information content (AvgIpc) is 3.04. The number of nitrogens with zero attached hydrogens (tertiary/aromatic N) is 2. The van der Waals surface area contributed by atoms with E-state index in [-0.39, 0.29) is 33.6 Å². The Balaban J connectivity index is 0.000000194. The Morgan fingerprint density at radius 3 is 1.50 bits per heavy atom. The molecule has 1 amide bonds. The number of amides is 1. The van der Waals surface area contributed by atoms with Crippen LogP contribution in [0.2, 0.25) is 10.0 Å². The van der Waals surface area contributed by atoms with Crippen LogP contribution < -0.4 is 28.7 Å². The number of anilines is 2. The molecule has 2 aliphatic heterocycles. The van der Waals surface area contributed by atoms with Gasteiger partial charge in [-0.25, -0.2) is 0 Å². The minimum atomic E-state index is -4.48. The lowest BCUT2D eigenvalue weighted by Crippen LogP contribution is -2.41. The van der Waals surface area contributed by atoms with E-state index < -0.39 is 29.6 Å². The van der Waals surface area contributed by atoms with Gasteiger partial charge in [0, 0.05) is 26.2 Å². The molecule has 7 nitrogen and oxygen atoms in total. The first-order chi connectivity index (χ1) is 23.3. The first-order valence-electron chi connectivity index (χ1n) is 14.6. The number of likely N-dealkylation sites (N-methyl/N-ethyl adjacent to an activating group) is 2. The highest BCUT2D eigenvalue weighted by Crippen LogP contribution is 2.42. The fraction of sp³-hybridized carbons (Fsp3) is 0.235. The zero-order valence-electron chi connectivity index (χ0n) is 26.5. The molecule has 50 heavy (non-hydrogen) atoms. The molecule has 6 rings (SSSR count). The first-order valence-corrected chi connectivity index (χ1v) is 15.8. The van der Waals surface area contributed by atoms with Crippen molar-refractivity contribution in [1.29, 1.82) is 0 Å². The van der Waals surface area contributed by atoms with E-state index in [1.807, 2.05) is 18.9 Å². The number of rotatable bonds is 4. The van der Waals surface area contributed by atoms with Gasteiger partial charge in [-0.15, -0.1) is 0 Å². The van der Waals surface area contributed by atoms with Crippen LogP contribution >= 0.6 is 35.4 Å². The van der Waals surface area contributed by atoms with Gasteiger partial charge in [0.25, 0.3) is 5.91 Å². The second kappa shape index (κ2) is 14.1. The number of hydrogen-bond acceptors (Lipinski definition) is 6. The van der Waals surface area contributed by atoms with E-state index in [1.165, 1.54) is 11.0 Å². The van der Waals surface area contributed by atoms with Crippen LogP contribution in [0.4, 0.5) is 37.7 Å². The predicted octanol–water partition coefficient (Wildman–Crippen LogP) is 10.6. The van der Waals surface area contributed by atoms with Crippen LogP contribution in [0.1, 0.15) is 25.0 Å². The van der Waals surface area contributed by atoms with E-state index in [2.05, 4.69) is 0 Å². The summed E-state index contributed by atoms with van der Waals surface area (Å²) in [5.41, 5.74) is -0.321. The van der Waals surface area contributed by atoms with Crippen molar-refractivity contribution in [2.24, 2.45) is 0 Å². The first kappa shape index (κ1) is 36.9. The highest BCUT2D eigenvalue weighted by atomic mass is 35.5. The van der Waals surface area contributed by atoms with Crippen molar-refractivity contribution in [2.45, 2.75) is 38.4 Å². The molecule has 16 heteroatoms. The Labute approximate surface area is 297 Å². The van der Waals surface area contributed by atoms with Crippen molar-refractivity contribution in [2.75, 3.05) is 23.9 Å². The van der Waals surface area contributed by atoms with Crippen LogP contribution in [0.5, 0.6) is 34.5 Å². The molecule has 4 aromatic carbocycles. The maximum absolute atomic E-state index is 12.7. The number of ether oxygens (including phenoxy) is 4. The standard InChI is InChI=1S/C17H13ClF3NO3.C17H13ClF3NO2S/c1-9-16(23)22(2)13-5-4-11(8-15(13)24-9)25-14-6-3-10(7-12(14)18)17(19,20)21;1-9-16(25)22(2)13-5-4-11(8-15(13)23-9)24-14-6-3-10(7-12(14)18)17(19,20)21/h2*3-9H,1-2H3. The van der Waals surface area contributed by atoms with Crippen molar-refractivity contribution in [3.05, 3.63) is 94.0 Å². The number of halogens is 8. The van der Waals surface area contributed by atoms with Gasteiger partial charge in [-0.1, -0.05) is 35.4 Å². The van der Waals surface area contributed by atoms with E-state index in [0.717, 1.165) is 36.0 Å². The second-order valence-electron chi connectivity index (χ2n) is 11.1. The molecule has 2 unspecified atom stereocenters. The van der Waals surface area contributed by atoms with Crippen LogP contribution in [0.15, 0.2) is 72.8 Å². The molecule has 4 aromatic rings.